The van der Waals surface area contributed by atoms with Crippen molar-refractivity contribution in [2.45, 2.75) is 20.0 Å². The average Bonchev–Trinajstić information content (AvgIpc) is 3.44. The largest absolute Gasteiger partial charge is 0.440 e. The van der Waals surface area contributed by atoms with Gasteiger partial charge in [-0.05, 0) is 68.0 Å². The van der Waals surface area contributed by atoms with Crippen molar-refractivity contribution in [2.75, 3.05) is 5.32 Å². The van der Waals surface area contributed by atoms with E-state index in [0.717, 1.165) is 28.8 Å². The minimum Gasteiger partial charge on any atom is -0.440 e. The summed E-state index contributed by atoms with van der Waals surface area (Å²) in [5, 5.41) is 9.44. The summed E-state index contributed by atoms with van der Waals surface area (Å²) in [4.78, 5) is 17.0. The molecule has 0 atom stereocenters. The number of ether oxygens (including phenoxy) is 1. The number of urea groups is 1. The fraction of sp³-hybridized carbons (Fsp3) is 0.0882. The van der Waals surface area contributed by atoms with Crippen LogP contribution < -0.4 is 15.4 Å². The van der Waals surface area contributed by atoms with Crippen LogP contribution in [0.3, 0.4) is 0 Å². The lowest BCUT2D eigenvalue weighted by molar-refractivity contribution is -0.137. The van der Waals surface area contributed by atoms with Crippen LogP contribution in [0.4, 0.5) is 23.7 Å². The summed E-state index contributed by atoms with van der Waals surface area (Å²) >= 11 is 0. The number of rotatable bonds is 10. The van der Waals surface area contributed by atoms with Gasteiger partial charge in [0.1, 0.15) is 5.75 Å². The molecule has 2 N–H and O–H groups in total. The van der Waals surface area contributed by atoms with Gasteiger partial charge in [-0.1, -0.05) is 61.2 Å². The Morgan fingerprint density at radius 3 is 2.55 bits per heavy atom. The smallest absolute Gasteiger partial charge is 0.416 e. The maximum Gasteiger partial charge on any atom is 0.416 e. The van der Waals surface area contributed by atoms with Crippen molar-refractivity contribution in [2.24, 2.45) is 4.99 Å². The predicted octanol–water partition coefficient (Wildman–Crippen LogP) is 8.81. The SMILES string of the molecule is C=C/C(=C\C=C/C)c1ccc(C(F)(F)F)cc1NC(=O)NC(/C=N\C(=C)Oc1ccc(-c2cnn3ccccc23)cc1)=C/C. The third-order valence-corrected chi connectivity index (χ3v) is 6.34. The van der Waals surface area contributed by atoms with E-state index in [9.17, 15) is 18.0 Å². The molecule has 2 heterocycles. The van der Waals surface area contributed by atoms with Crippen molar-refractivity contribution >= 4 is 29.0 Å². The molecule has 0 unspecified atom stereocenters. The summed E-state index contributed by atoms with van der Waals surface area (Å²) in [7, 11) is 0. The number of nitrogens with zero attached hydrogens (tertiary/aromatic N) is 3. The van der Waals surface area contributed by atoms with Gasteiger partial charge < -0.3 is 15.4 Å². The predicted molar refractivity (Wildman–Crippen MR) is 169 cm³/mol. The maximum atomic E-state index is 13.4. The lowest BCUT2D eigenvalue weighted by Crippen LogP contribution is -2.29. The molecule has 0 saturated heterocycles. The van der Waals surface area contributed by atoms with Gasteiger partial charge in [0, 0.05) is 17.3 Å². The van der Waals surface area contributed by atoms with Gasteiger partial charge in [-0.25, -0.2) is 14.3 Å². The Morgan fingerprint density at radius 1 is 1.09 bits per heavy atom. The lowest BCUT2D eigenvalue weighted by atomic mass is 10.0. The monoisotopic (exact) mass is 597 g/mol. The number of alkyl halides is 3. The van der Waals surface area contributed by atoms with Crippen molar-refractivity contribution < 1.29 is 22.7 Å². The number of hydrogen-bond donors (Lipinski definition) is 2. The van der Waals surface area contributed by atoms with Crippen LogP contribution in [-0.2, 0) is 6.18 Å². The fourth-order valence-corrected chi connectivity index (χ4v) is 4.17. The Labute approximate surface area is 253 Å². The Hall–Kier alpha value is -5.64. The molecule has 44 heavy (non-hydrogen) atoms. The van der Waals surface area contributed by atoms with E-state index in [1.165, 1.54) is 18.4 Å². The van der Waals surface area contributed by atoms with Gasteiger partial charge >= 0.3 is 12.2 Å². The van der Waals surface area contributed by atoms with Crippen LogP contribution in [0.25, 0.3) is 22.2 Å². The average molecular weight is 598 g/mol. The standard InChI is InChI=1S/C34H30F3N5O2/c1-5-8-11-24(6-2)29-18-15-26(34(35,36)37)20-31(29)41-33(43)40-27(7-3)21-38-23(4)44-28-16-13-25(14-17-28)30-22-39-42-19-10-9-12-32(30)42/h5-22H,2,4H2,1,3H3,(H2,40,41,43)/b8-5-,24-11+,27-7+,38-21-. The molecule has 0 fully saturated rings. The first-order chi connectivity index (χ1) is 21.1. The van der Waals surface area contributed by atoms with Gasteiger partial charge in [-0.15, -0.1) is 0 Å². The third-order valence-electron chi connectivity index (χ3n) is 6.34. The minimum atomic E-state index is -4.59. The van der Waals surface area contributed by atoms with E-state index in [2.05, 4.69) is 33.9 Å². The van der Waals surface area contributed by atoms with E-state index < -0.39 is 17.8 Å². The molecular formula is C34H30F3N5O2. The highest BCUT2D eigenvalue weighted by Gasteiger charge is 2.31. The minimum absolute atomic E-state index is 0.0410. The molecule has 2 aromatic heterocycles. The lowest BCUT2D eigenvalue weighted by Gasteiger charge is -2.16. The quantitative estimate of drug-likeness (QED) is 0.109. The number of allylic oxidation sites excluding steroid dienone is 7. The molecule has 4 rings (SSSR count). The van der Waals surface area contributed by atoms with E-state index >= 15 is 0 Å². The zero-order valence-corrected chi connectivity index (χ0v) is 24.1. The zero-order valence-electron chi connectivity index (χ0n) is 24.1. The number of fused-ring (bicyclic) bond motifs is 1. The van der Waals surface area contributed by atoms with Gasteiger partial charge in [-0.3, -0.25) is 0 Å². The number of nitrogens with one attached hydrogen (secondary N) is 2. The number of benzene rings is 2. The number of aliphatic imine (C=N–C) groups is 1. The van der Waals surface area contributed by atoms with E-state index in [1.54, 1.807) is 61.0 Å². The highest BCUT2D eigenvalue weighted by Crippen LogP contribution is 2.35. The van der Waals surface area contributed by atoms with Crippen LogP contribution >= 0.6 is 0 Å². The molecule has 0 aliphatic heterocycles. The summed E-state index contributed by atoms with van der Waals surface area (Å²) in [5.74, 6) is 0.557. The Balaban J connectivity index is 1.42. The first-order valence-electron chi connectivity index (χ1n) is 13.5. The number of carbonyl (C=O) groups excluding carboxylic acids is 1. The van der Waals surface area contributed by atoms with Crippen molar-refractivity contribution in [1.29, 1.82) is 0 Å². The van der Waals surface area contributed by atoms with Gasteiger partial charge in [0.2, 0.25) is 5.88 Å². The fourth-order valence-electron chi connectivity index (χ4n) is 4.17. The molecule has 0 bridgehead atoms. The molecule has 10 heteroatoms. The van der Waals surface area contributed by atoms with Crippen LogP contribution in [0, 0.1) is 0 Å². The molecule has 0 spiro atoms. The summed E-state index contributed by atoms with van der Waals surface area (Å²) in [6.07, 6.45) is 8.63. The number of halogens is 3. The van der Waals surface area contributed by atoms with Crippen molar-refractivity contribution in [3.05, 3.63) is 139 Å². The van der Waals surface area contributed by atoms with Crippen molar-refractivity contribution in [3.8, 4) is 16.9 Å². The number of hydrogen-bond acceptors (Lipinski definition) is 4. The van der Waals surface area contributed by atoms with Crippen LogP contribution in [0.1, 0.15) is 25.0 Å². The number of carbonyl (C=O) groups is 1. The molecular weight excluding hydrogens is 567 g/mol. The molecule has 2 amide bonds. The third kappa shape index (κ3) is 7.80. The number of pyridine rings is 1. The molecule has 0 saturated carbocycles. The summed E-state index contributed by atoms with van der Waals surface area (Å²) in [6.45, 7) is 11.0. The van der Waals surface area contributed by atoms with Crippen molar-refractivity contribution in [3.63, 3.8) is 0 Å². The zero-order chi connectivity index (χ0) is 31.7. The second-order valence-electron chi connectivity index (χ2n) is 9.30. The number of anilines is 1. The van der Waals surface area contributed by atoms with Crippen LogP contribution in [0.15, 0.2) is 133 Å². The highest BCUT2D eigenvalue weighted by molar-refractivity contribution is 5.98. The molecule has 4 aromatic rings. The molecule has 0 aliphatic rings. The first kappa shape index (κ1) is 31.3. The van der Waals surface area contributed by atoms with Crippen LogP contribution in [-0.4, -0.2) is 21.9 Å². The normalized spacial score (nSPS) is 12.6. The van der Waals surface area contributed by atoms with Crippen LogP contribution in [0.2, 0.25) is 0 Å². The van der Waals surface area contributed by atoms with E-state index in [4.69, 9.17) is 4.74 Å². The van der Waals surface area contributed by atoms with E-state index in [-0.39, 0.29) is 17.3 Å². The van der Waals surface area contributed by atoms with Crippen molar-refractivity contribution in [1.82, 2.24) is 14.9 Å². The number of amides is 2. The van der Waals surface area contributed by atoms with Crippen LogP contribution in [0.5, 0.6) is 5.75 Å². The van der Waals surface area contributed by atoms with Gasteiger partial charge in [-0.2, -0.15) is 18.3 Å². The Morgan fingerprint density at radius 2 is 1.86 bits per heavy atom. The molecule has 224 valence electrons. The topological polar surface area (TPSA) is 80.0 Å². The van der Waals surface area contributed by atoms with Gasteiger partial charge in [0.25, 0.3) is 0 Å². The van der Waals surface area contributed by atoms with Gasteiger partial charge in [0.05, 0.1) is 34.9 Å². The molecule has 0 aliphatic carbocycles. The molecule has 7 nitrogen and oxygen atoms in total. The number of aromatic nitrogens is 2. The molecule has 0 radical (unpaired) electrons. The van der Waals surface area contributed by atoms with Gasteiger partial charge in [0.15, 0.2) is 0 Å². The summed E-state index contributed by atoms with van der Waals surface area (Å²) < 4.78 is 47.8. The summed E-state index contributed by atoms with van der Waals surface area (Å²) in [5.41, 5.74) is 3.12. The second kappa shape index (κ2) is 14.0. The second-order valence-corrected chi connectivity index (χ2v) is 9.30. The molecule has 2 aromatic carbocycles. The Kier molecular flexibility index (Phi) is 9.97. The Bertz CT molecular complexity index is 1800. The van der Waals surface area contributed by atoms with E-state index in [1.807, 2.05) is 36.5 Å². The first-order valence-corrected chi connectivity index (χ1v) is 13.5. The highest BCUT2D eigenvalue weighted by atomic mass is 19.4. The summed E-state index contributed by atoms with van der Waals surface area (Å²) in [6, 6.07) is 15.5. The maximum absolute atomic E-state index is 13.4. The van der Waals surface area contributed by atoms with E-state index in [0.29, 0.717) is 16.9 Å².